The summed E-state index contributed by atoms with van der Waals surface area (Å²) in [7, 11) is 0. The van der Waals surface area contributed by atoms with Gasteiger partial charge in [-0.05, 0) is 36.4 Å². The van der Waals surface area contributed by atoms with Crippen molar-refractivity contribution in [3.05, 3.63) is 115 Å². The molecule has 9 aromatic rings. The Morgan fingerprint density at radius 3 is 2.12 bits per heavy atom. The van der Waals surface area contributed by atoms with Gasteiger partial charge in [-0.1, -0.05) is 78.9 Å². The standard InChI is InChI=1S/C34H19N3OS2/c1-2-10-20(11-3-1)38-33-23-13-4-7-15-26(23)35-34(36-33)37-27-16-8-5-12-21(27)22-18-19-25-30(29(22)37)40-31-24-14-6-9-17-28(24)39-32(25)31/h1-19H. The van der Waals surface area contributed by atoms with Crippen LogP contribution in [0.5, 0.6) is 11.6 Å². The van der Waals surface area contributed by atoms with E-state index in [1.165, 1.54) is 40.3 Å². The van der Waals surface area contributed by atoms with Crippen molar-refractivity contribution in [3.63, 3.8) is 0 Å². The SMILES string of the molecule is c1ccc(Oc2nc(-n3c4ccccc4c4ccc5c6sc7ccccc7c6sc5c43)nc3ccccc23)cc1. The fourth-order valence-corrected chi connectivity index (χ4v) is 8.51. The third kappa shape index (κ3) is 3.11. The van der Waals surface area contributed by atoms with E-state index in [0.29, 0.717) is 11.8 Å². The molecule has 9 rings (SSSR count). The topological polar surface area (TPSA) is 39.9 Å². The predicted molar refractivity (Wildman–Crippen MR) is 169 cm³/mol. The molecule has 0 bridgehead atoms. The van der Waals surface area contributed by atoms with Crippen molar-refractivity contribution in [2.45, 2.75) is 0 Å². The second-order valence-corrected chi connectivity index (χ2v) is 11.9. The molecule has 40 heavy (non-hydrogen) atoms. The highest BCUT2D eigenvalue weighted by molar-refractivity contribution is 7.37. The zero-order chi connectivity index (χ0) is 26.2. The summed E-state index contributed by atoms with van der Waals surface area (Å²) in [5.41, 5.74) is 3.05. The molecule has 4 nitrogen and oxygen atoms in total. The Labute approximate surface area is 236 Å². The molecule has 5 aromatic carbocycles. The fourth-order valence-electron chi connectivity index (χ4n) is 5.73. The third-order valence-electron chi connectivity index (χ3n) is 7.50. The first-order valence-corrected chi connectivity index (χ1v) is 14.7. The zero-order valence-corrected chi connectivity index (χ0v) is 22.7. The smallest absolute Gasteiger partial charge is 0.238 e. The second-order valence-electron chi connectivity index (χ2n) is 9.81. The van der Waals surface area contributed by atoms with Gasteiger partial charge < -0.3 is 4.74 Å². The Morgan fingerprint density at radius 2 is 1.23 bits per heavy atom. The molecule has 0 saturated carbocycles. The maximum Gasteiger partial charge on any atom is 0.238 e. The van der Waals surface area contributed by atoms with E-state index in [-0.39, 0.29) is 0 Å². The first-order valence-electron chi connectivity index (χ1n) is 13.1. The summed E-state index contributed by atoms with van der Waals surface area (Å²) in [6.45, 7) is 0. The minimum absolute atomic E-state index is 0.545. The minimum Gasteiger partial charge on any atom is -0.438 e. The Balaban J connectivity index is 1.40. The molecule has 0 aliphatic rings. The molecule has 0 unspecified atom stereocenters. The normalized spacial score (nSPS) is 12.0. The Hall–Kier alpha value is -4.78. The number of nitrogens with zero attached hydrogens (tertiary/aromatic N) is 3. The molecule has 4 aromatic heterocycles. The van der Waals surface area contributed by atoms with Gasteiger partial charge in [-0.25, -0.2) is 4.98 Å². The molecule has 0 spiro atoms. The molecular weight excluding hydrogens is 531 g/mol. The summed E-state index contributed by atoms with van der Waals surface area (Å²) in [6, 6.07) is 39.6. The van der Waals surface area contributed by atoms with Crippen molar-refractivity contribution < 1.29 is 4.74 Å². The zero-order valence-electron chi connectivity index (χ0n) is 21.0. The molecule has 0 N–H and O–H groups in total. The maximum absolute atomic E-state index is 6.37. The van der Waals surface area contributed by atoms with Crippen LogP contribution in [0.3, 0.4) is 0 Å². The molecule has 0 fully saturated rings. The van der Waals surface area contributed by atoms with E-state index in [4.69, 9.17) is 14.7 Å². The molecule has 0 amide bonds. The van der Waals surface area contributed by atoms with Crippen LogP contribution in [0.2, 0.25) is 0 Å². The number of aromatic nitrogens is 3. The summed E-state index contributed by atoms with van der Waals surface area (Å²) in [5, 5.41) is 5.86. The van der Waals surface area contributed by atoms with Crippen LogP contribution < -0.4 is 4.74 Å². The van der Waals surface area contributed by atoms with E-state index in [1.54, 1.807) is 0 Å². The largest absolute Gasteiger partial charge is 0.438 e. The van der Waals surface area contributed by atoms with Crippen LogP contribution in [-0.4, -0.2) is 14.5 Å². The van der Waals surface area contributed by atoms with Crippen molar-refractivity contribution >= 4 is 85.0 Å². The van der Waals surface area contributed by atoms with E-state index < -0.39 is 0 Å². The Bertz CT molecular complexity index is 2420. The lowest BCUT2D eigenvalue weighted by Gasteiger charge is -2.12. The lowest BCUT2D eigenvalue weighted by molar-refractivity contribution is 0.467. The third-order valence-corrected chi connectivity index (χ3v) is 10.1. The van der Waals surface area contributed by atoms with Gasteiger partial charge in [0, 0.05) is 26.2 Å². The van der Waals surface area contributed by atoms with Crippen LogP contribution in [0.1, 0.15) is 0 Å². The van der Waals surface area contributed by atoms with Gasteiger partial charge in [0.15, 0.2) is 0 Å². The molecule has 0 saturated heterocycles. The molecule has 0 aliphatic carbocycles. The predicted octanol–water partition coefficient (Wildman–Crippen LogP) is 10.1. The summed E-state index contributed by atoms with van der Waals surface area (Å²) in [5.74, 6) is 1.89. The summed E-state index contributed by atoms with van der Waals surface area (Å²) in [6.07, 6.45) is 0. The van der Waals surface area contributed by atoms with Gasteiger partial charge in [0.1, 0.15) is 5.75 Å². The molecule has 0 atom stereocenters. The number of thiophene rings is 2. The highest BCUT2D eigenvalue weighted by atomic mass is 32.1. The van der Waals surface area contributed by atoms with Gasteiger partial charge in [0.05, 0.1) is 36.0 Å². The number of hydrogen-bond acceptors (Lipinski definition) is 5. The van der Waals surface area contributed by atoms with E-state index >= 15 is 0 Å². The van der Waals surface area contributed by atoms with Gasteiger partial charge in [0.25, 0.3) is 0 Å². The van der Waals surface area contributed by atoms with Gasteiger partial charge >= 0.3 is 0 Å². The van der Waals surface area contributed by atoms with Crippen molar-refractivity contribution in [1.82, 2.24) is 14.5 Å². The minimum atomic E-state index is 0.545. The summed E-state index contributed by atoms with van der Waals surface area (Å²) < 4.78 is 13.8. The Kier molecular flexibility index (Phi) is 4.61. The first-order chi connectivity index (χ1) is 19.8. The monoisotopic (exact) mass is 549 g/mol. The van der Waals surface area contributed by atoms with Crippen LogP contribution in [0, 0.1) is 0 Å². The lowest BCUT2D eigenvalue weighted by atomic mass is 10.1. The number of para-hydroxylation sites is 3. The number of ether oxygens (including phenoxy) is 1. The highest BCUT2D eigenvalue weighted by Crippen LogP contribution is 2.48. The molecule has 6 heteroatoms. The first kappa shape index (κ1) is 22.1. The maximum atomic E-state index is 6.37. The fraction of sp³-hybridized carbons (Fsp3) is 0. The average molecular weight is 550 g/mol. The van der Waals surface area contributed by atoms with Crippen LogP contribution >= 0.6 is 22.7 Å². The van der Waals surface area contributed by atoms with Crippen LogP contribution in [0.15, 0.2) is 115 Å². The van der Waals surface area contributed by atoms with Crippen LogP contribution in [0.25, 0.3) is 68.2 Å². The highest BCUT2D eigenvalue weighted by Gasteiger charge is 2.22. The van der Waals surface area contributed by atoms with Crippen LogP contribution in [-0.2, 0) is 0 Å². The summed E-state index contributed by atoms with van der Waals surface area (Å²) in [4.78, 5) is 10.2. The van der Waals surface area contributed by atoms with Crippen LogP contribution in [0.4, 0.5) is 0 Å². The molecule has 0 radical (unpaired) electrons. The van der Waals surface area contributed by atoms with Gasteiger partial charge in [-0.2, -0.15) is 4.98 Å². The quantitative estimate of drug-likeness (QED) is 0.220. The van der Waals surface area contributed by atoms with E-state index in [9.17, 15) is 0 Å². The van der Waals surface area contributed by atoms with Crippen molar-refractivity contribution in [2.24, 2.45) is 0 Å². The molecule has 4 heterocycles. The van der Waals surface area contributed by atoms with Gasteiger partial charge in [0.2, 0.25) is 11.8 Å². The molecule has 188 valence electrons. The number of benzene rings is 5. The molecular formula is C34H19N3OS2. The average Bonchev–Trinajstić information content (AvgIpc) is 3.66. The van der Waals surface area contributed by atoms with Gasteiger partial charge in [-0.15, -0.1) is 22.7 Å². The Morgan fingerprint density at radius 1 is 0.525 bits per heavy atom. The van der Waals surface area contributed by atoms with Crippen molar-refractivity contribution in [1.29, 1.82) is 0 Å². The number of hydrogen-bond donors (Lipinski definition) is 0. The van der Waals surface area contributed by atoms with E-state index in [0.717, 1.165) is 27.7 Å². The number of fused-ring (bicyclic) bond motifs is 10. The number of rotatable bonds is 3. The summed E-state index contributed by atoms with van der Waals surface area (Å²) >= 11 is 3.74. The van der Waals surface area contributed by atoms with Crippen molar-refractivity contribution in [3.8, 4) is 17.6 Å². The van der Waals surface area contributed by atoms with E-state index in [1.807, 2.05) is 77.3 Å². The van der Waals surface area contributed by atoms with Gasteiger partial charge in [-0.3, -0.25) is 4.57 Å². The second kappa shape index (κ2) is 8.36. The molecule has 0 aliphatic heterocycles. The lowest BCUT2D eigenvalue weighted by Crippen LogP contribution is -2.03. The van der Waals surface area contributed by atoms with Crippen molar-refractivity contribution in [2.75, 3.05) is 0 Å². The van der Waals surface area contributed by atoms with E-state index in [2.05, 4.69) is 65.2 Å².